The fourth-order valence-corrected chi connectivity index (χ4v) is 2.44. The Morgan fingerprint density at radius 3 is 2.47 bits per heavy atom. The van der Waals surface area contributed by atoms with Crippen LogP contribution in [0.15, 0.2) is 23.1 Å². The van der Waals surface area contributed by atoms with Gasteiger partial charge in [0.05, 0.1) is 3.57 Å². The van der Waals surface area contributed by atoms with Gasteiger partial charge in [-0.1, -0.05) is 45.4 Å². The Balaban J connectivity index is 2.18. The number of halogens is 1. The van der Waals surface area contributed by atoms with Gasteiger partial charge in [-0.15, -0.1) is 0 Å². The second-order valence-electron chi connectivity index (χ2n) is 4.48. The van der Waals surface area contributed by atoms with Crippen LogP contribution in [0.2, 0.25) is 0 Å². The first kappa shape index (κ1) is 14.7. The van der Waals surface area contributed by atoms with E-state index in [1.54, 1.807) is 0 Å². The van der Waals surface area contributed by atoms with Crippen molar-refractivity contribution in [3.05, 3.63) is 32.3 Å². The lowest BCUT2D eigenvalue weighted by molar-refractivity contribution is 0.542. The number of aromatic nitrogens is 1. The van der Waals surface area contributed by atoms with Crippen molar-refractivity contribution >= 4 is 22.6 Å². The highest BCUT2D eigenvalue weighted by Gasteiger charge is 1.99. The van der Waals surface area contributed by atoms with E-state index in [2.05, 4.69) is 29.5 Å². The first-order valence-corrected chi connectivity index (χ1v) is 7.68. The van der Waals surface area contributed by atoms with Crippen LogP contribution in [-0.2, 0) is 6.54 Å². The highest BCUT2D eigenvalue weighted by molar-refractivity contribution is 14.1. The topological polar surface area (TPSA) is 22.0 Å². The van der Waals surface area contributed by atoms with Gasteiger partial charge in [0.15, 0.2) is 0 Å². The number of hydrogen-bond donors (Lipinski definition) is 0. The van der Waals surface area contributed by atoms with Gasteiger partial charge in [0.25, 0.3) is 5.56 Å². The van der Waals surface area contributed by atoms with Gasteiger partial charge < -0.3 is 4.57 Å². The van der Waals surface area contributed by atoms with Crippen LogP contribution in [0.3, 0.4) is 0 Å². The SMILES string of the molecule is CCCCCCCCCn1cccc(I)c1=O. The van der Waals surface area contributed by atoms with E-state index < -0.39 is 0 Å². The molecule has 17 heavy (non-hydrogen) atoms. The molecule has 0 radical (unpaired) electrons. The summed E-state index contributed by atoms with van der Waals surface area (Å²) in [6.45, 7) is 3.10. The number of pyridine rings is 1. The Labute approximate surface area is 118 Å². The molecular weight excluding hydrogens is 325 g/mol. The quantitative estimate of drug-likeness (QED) is 0.510. The van der Waals surface area contributed by atoms with Crippen molar-refractivity contribution in [3.8, 4) is 0 Å². The lowest BCUT2D eigenvalue weighted by Crippen LogP contribution is -2.21. The number of hydrogen-bond acceptors (Lipinski definition) is 1. The summed E-state index contributed by atoms with van der Waals surface area (Å²) in [6, 6.07) is 3.81. The summed E-state index contributed by atoms with van der Waals surface area (Å²) in [6.07, 6.45) is 10.9. The molecule has 3 heteroatoms. The fraction of sp³-hybridized carbons (Fsp3) is 0.643. The van der Waals surface area contributed by atoms with E-state index in [1.165, 1.54) is 38.5 Å². The monoisotopic (exact) mass is 347 g/mol. The number of rotatable bonds is 8. The van der Waals surface area contributed by atoms with Gasteiger partial charge in [0.1, 0.15) is 0 Å². The maximum absolute atomic E-state index is 11.7. The van der Waals surface area contributed by atoms with E-state index in [0.717, 1.165) is 16.5 Å². The summed E-state index contributed by atoms with van der Waals surface area (Å²) in [5, 5.41) is 0. The lowest BCUT2D eigenvalue weighted by atomic mass is 10.1. The standard InChI is InChI=1S/C14H22INO/c1-2-3-4-5-6-7-8-11-16-12-9-10-13(15)14(16)17/h9-10,12H,2-8,11H2,1H3. The molecule has 0 saturated heterocycles. The Kier molecular flexibility index (Phi) is 7.56. The van der Waals surface area contributed by atoms with Gasteiger partial charge in [0.2, 0.25) is 0 Å². The fourth-order valence-electron chi connectivity index (χ4n) is 1.92. The summed E-state index contributed by atoms with van der Waals surface area (Å²) in [5.74, 6) is 0. The van der Waals surface area contributed by atoms with E-state index in [9.17, 15) is 4.79 Å². The zero-order valence-electron chi connectivity index (χ0n) is 10.6. The van der Waals surface area contributed by atoms with Crippen molar-refractivity contribution < 1.29 is 0 Å². The number of nitrogens with zero attached hydrogens (tertiary/aromatic N) is 1. The molecule has 0 aromatic carbocycles. The van der Waals surface area contributed by atoms with E-state index in [1.807, 2.05) is 22.9 Å². The van der Waals surface area contributed by atoms with Gasteiger partial charge in [-0.25, -0.2) is 0 Å². The van der Waals surface area contributed by atoms with E-state index in [-0.39, 0.29) is 5.56 Å². The molecule has 0 aliphatic carbocycles. The summed E-state index contributed by atoms with van der Waals surface area (Å²) < 4.78 is 2.64. The van der Waals surface area contributed by atoms with Gasteiger partial charge in [-0.05, 0) is 41.1 Å². The van der Waals surface area contributed by atoms with Gasteiger partial charge in [0, 0.05) is 12.7 Å². The van der Waals surface area contributed by atoms with Crippen molar-refractivity contribution in [2.24, 2.45) is 0 Å². The molecule has 1 heterocycles. The molecule has 2 nitrogen and oxygen atoms in total. The Bertz CT molecular complexity index is 373. The zero-order valence-corrected chi connectivity index (χ0v) is 12.8. The van der Waals surface area contributed by atoms with Crippen molar-refractivity contribution in [2.75, 3.05) is 0 Å². The second-order valence-corrected chi connectivity index (χ2v) is 5.64. The Morgan fingerprint density at radius 2 is 1.76 bits per heavy atom. The van der Waals surface area contributed by atoms with Gasteiger partial charge in [-0.2, -0.15) is 0 Å². The minimum Gasteiger partial charge on any atom is -0.315 e. The molecule has 0 N–H and O–H groups in total. The molecule has 0 amide bonds. The van der Waals surface area contributed by atoms with Crippen LogP contribution in [0.5, 0.6) is 0 Å². The molecule has 1 aromatic rings. The third-order valence-corrected chi connectivity index (χ3v) is 3.80. The van der Waals surface area contributed by atoms with Crippen LogP contribution in [-0.4, -0.2) is 4.57 Å². The molecule has 96 valence electrons. The van der Waals surface area contributed by atoms with Crippen LogP contribution in [0.4, 0.5) is 0 Å². The highest BCUT2D eigenvalue weighted by Crippen LogP contribution is 2.07. The van der Waals surface area contributed by atoms with Crippen LogP contribution >= 0.6 is 22.6 Å². The third-order valence-electron chi connectivity index (χ3n) is 2.98. The summed E-state index contributed by atoms with van der Waals surface area (Å²) in [5.41, 5.74) is 0.152. The third kappa shape index (κ3) is 5.70. The maximum atomic E-state index is 11.7. The Morgan fingerprint density at radius 1 is 1.12 bits per heavy atom. The molecule has 0 aliphatic rings. The van der Waals surface area contributed by atoms with Crippen LogP contribution in [0, 0.1) is 3.57 Å². The summed E-state index contributed by atoms with van der Waals surface area (Å²) in [4.78, 5) is 11.7. The molecule has 0 bridgehead atoms. The number of unbranched alkanes of at least 4 members (excludes halogenated alkanes) is 6. The van der Waals surface area contributed by atoms with Gasteiger partial charge in [-0.3, -0.25) is 4.79 Å². The van der Waals surface area contributed by atoms with Crippen molar-refractivity contribution in [3.63, 3.8) is 0 Å². The highest BCUT2D eigenvalue weighted by atomic mass is 127. The summed E-state index contributed by atoms with van der Waals surface area (Å²) in [7, 11) is 0. The molecule has 0 unspecified atom stereocenters. The lowest BCUT2D eigenvalue weighted by Gasteiger charge is -2.05. The van der Waals surface area contributed by atoms with Gasteiger partial charge >= 0.3 is 0 Å². The second kappa shape index (κ2) is 8.72. The largest absolute Gasteiger partial charge is 0.315 e. The minimum absolute atomic E-state index is 0.152. The summed E-state index contributed by atoms with van der Waals surface area (Å²) >= 11 is 2.10. The van der Waals surface area contributed by atoms with E-state index in [4.69, 9.17) is 0 Å². The normalized spacial score (nSPS) is 10.7. The predicted molar refractivity (Wildman–Crippen MR) is 81.4 cm³/mol. The first-order chi connectivity index (χ1) is 8.25. The maximum Gasteiger partial charge on any atom is 0.263 e. The molecule has 1 aromatic heterocycles. The zero-order chi connectivity index (χ0) is 12.5. The van der Waals surface area contributed by atoms with Crippen LogP contribution in [0.25, 0.3) is 0 Å². The van der Waals surface area contributed by atoms with E-state index >= 15 is 0 Å². The van der Waals surface area contributed by atoms with Crippen LogP contribution in [0.1, 0.15) is 51.9 Å². The molecule has 0 atom stereocenters. The Hall–Kier alpha value is -0.320. The van der Waals surface area contributed by atoms with E-state index in [0.29, 0.717) is 0 Å². The first-order valence-electron chi connectivity index (χ1n) is 6.60. The number of aryl methyl sites for hydroxylation is 1. The predicted octanol–water partition coefficient (Wildman–Crippen LogP) is 4.20. The van der Waals surface area contributed by atoms with Crippen molar-refractivity contribution in [2.45, 2.75) is 58.4 Å². The minimum atomic E-state index is 0.152. The van der Waals surface area contributed by atoms with Crippen molar-refractivity contribution in [1.29, 1.82) is 0 Å². The average Bonchev–Trinajstić information content (AvgIpc) is 2.33. The molecule has 0 saturated carbocycles. The molecule has 0 fully saturated rings. The van der Waals surface area contributed by atoms with Crippen molar-refractivity contribution in [1.82, 2.24) is 4.57 Å². The average molecular weight is 347 g/mol. The van der Waals surface area contributed by atoms with Crippen LogP contribution < -0.4 is 5.56 Å². The molecule has 0 aliphatic heterocycles. The smallest absolute Gasteiger partial charge is 0.263 e. The molecule has 0 spiro atoms. The molecular formula is C14H22INO. The molecule has 1 rings (SSSR count).